The van der Waals surface area contributed by atoms with Gasteiger partial charge >= 0.3 is 5.69 Å². The molecule has 0 unspecified atom stereocenters. The Bertz CT molecular complexity index is 750. The Morgan fingerprint density at radius 3 is 2.70 bits per heavy atom. The van der Waals surface area contributed by atoms with E-state index in [2.05, 4.69) is 10.4 Å². The lowest BCUT2D eigenvalue weighted by Gasteiger charge is -2.15. The summed E-state index contributed by atoms with van der Waals surface area (Å²) in [5, 5.41) is 17.9. The van der Waals surface area contributed by atoms with Crippen LogP contribution in [0.25, 0.3) is 0 Å². The van der Waals surface area contributed by atoms with Crippen LogP contribution >= 0.6 is 0 Å². The highest BCUT2D eigenvalue weighted by Gasteiger charge is 2.26. The third kappa shape index (κ3) is 3.39. The number of carbonyl (C=O) groups excluding carboxylic acids is 1. The molecular weight excluding hydrogens is 296 g/mol. The molecule has 0 bridgehead atoms. The van der Waals surface area contributed by atoms with Crippen LogP contribution in [-0.4, -0.2) is 20.6 Å². The van der Waals surface area contributed by atoms with E-state index in [9.17, 15) is 14.9 Å². The number of nitrogens with zero attached hydrogens (tertiary/aromatic N) is 3. The van der Waals surface area contributed by atoms with Crippen molar-refractivity contribution in [3.8, 4) is 0 Å². The van der Waals surface area contributed by atoms with E-state index in [4.69, 9.17) is 0 Å². The zero-order valence-electron chi connectivity index (χ0n) is 13.7. The third-order valence-electron chi connectivity index (χ3n) is 3.64. The largest absolute Gasteiger partial charge is 0.320 e. The lowest BCUT2D eigenvalue weighted by atomic mass is 9.98. The molecule has 0 fully saturated rings. The summed E-state index contributed by atoms with van der Waals surface area (Å²) < 4.78 is 1.38. The summed E-state index contributed by atoms with van der Waals surface area (Å²) in [6.07, 6.45) is 1.27. The van der Waals surface area contributed by atoms with Crippen LogP contribution in [-0.2, 0) is 6.54 Å². The number of carbonyl (C=O) groups is 1. The molecule has 7 heteroatoms. The molecule has 0 aliphatic carbocycles. The summed E-state index contributed by atoms with van der Waals surface area (Å²) in [6, 6.07) is 5.75. The molecule has 7 nitrogen and oxygen atoms in total. The van der Waals surface area contributed by atoms with Crippen LogP contribution in [0, 0.1) is 17.0 Å². The van der Waals surface area contributed by atoms with E-state index in [0.717, 1.165) is 11.1 Å². The molecule has 1 amide bonds. The summed E-state index contributed by atoms with van der Waals surface area (Å²) in [4.78, 5) is 23.0. The number of hydrogen-bond donors (Lipinski definition) is 1. The van der Waals surface area contributed by atoms with E-state index in [1.165, 1.54) is 10.9 Å². The molecule has 1 heterocycles. The first-order valence-corrected chi connectivity index (χ1v) is 7.47. The Morgan fingerprint density at radius 2 is 2.13 bits per heavy atom. The van der Waals surface area contributed by atoms with Crippen LogP contribution in [0.2, 0.25) is 0 Å². The Hall–Kier alpha value is -2.70. The summed E-state index contributed by atoms with van der Waals surface area (Å²) in [5.41, 5.74) is 2.12. The van der Waals surface area contributed by atoms with Crippen LogP contribution in [0.5, 0.6) is 0 Å². The minimum absolute atomic E-state index is 0.171. The Morgan fingerprint density at radius 1 is 1.43 bits per heavy atom. The standard InChI is InChI=1S/C16H20N4O3/c1-5-19-9-13(20(22)23)15(18-19)16(21)17-14-11(4)7-6-8-12(14)10(2)3/h6-10H,5H2,1-4H3,(H,17,21). The number of benzene rings is 1. The molecule has 122 valence electrons. The fourth-order valence-corrected chi connectivity index (χ4v) is 2.38. The van der Waals surface area contributed by atoms with Gasteiger partial charge in [-0.3, -0.25) is 19.6 Å². The monoisotopic (exact) mass is 316 g/mol. The van der Waals surface area contributed by atoms with Crippen LogP contribution in [0.3, 0.4) is 0 Å². The zero-order valence-corrected chi connectivity index (χ0v) is 13.7. The van der Waals surface area contributed by atoms with Crippen molar-refractivity contribution in [1.29, 1.82) is 0 Å². The number of anilines is 1. The summed E-state index contributed by atoms with van der Waals surface area (Å²) in [7, 11) is 0. The molecule has 0 saturated heterocycles. The molecule has 0 saturated carbocycles. The van der Waals surface area contributed by atoms with Crippen molar-refractivity contribution in [2.45, 2.75) is 40.2 Å². The molecule has 2 rings (SSSR count). The van der Waals surface area contributed by atoms with Crippen LogP contribution in [0.15, 0.2) is 24.4 Å². The average Bonchev–Trinajstić information content (AvgIpc) is 2.93. The SMILES string of the molecule is CCn1cc([N+](=O)[O-])c(C(=O)Nc2c(C)cccc2C(C)C)n1. The van der Waals surface area contributed by atoms with E-state index in [0.29, 0.717) is 12.2 Å². The molecule has 1 aromatic carbocycles. The van der Waals surface area contributed by atoms with Crippen molar-refractivity contribution in [3.05, 3.63) is 51.3 Å². The number of aryl methyl sites for hydroxylation is 2. The lowest BCUT2D eigenvalue weighted by Crippen LogP contribution is -2.17. The van der Waals surface area contributed by atoms with Gasteiger partial charge in [0.2, 0.25) is 5.69 Å². The topological polar surface area (TPSA) is 90.1 Å². The quantitative estimate of drug-likeness (QED) is 0.675. The smallest absolute Gasteiger partial charge is 0.320 e. The Balaban J connectivity index is 2.41. The highest BCUT2D eigenvalue weighted by atomic mass is 16.6. The van der Waals surface area contributed by atoms with Gasteiger partial charge in [0.15, 0.2) is 0 Å². The van der Waals surface area contributed by atoms with E-state index in [1.54, 1.807) is 6.92 Å². The minimum Gasteiger partial charge on any atom is -0.320 e. The lowest BCUT2D eigenvalue weighted by molar-refractivity contribution is -0.385. The fourth-order valence-electron chi connectivity index (χ4n) is 2.38. The number of amides is 1. The van der Waals surface area contributed by atoms with Crippen molar-refractivity contribution in [2.75, 3.05) is 5.32 Å². The first-order chi connectivity index (χ1) is 10.8. The molecule has 1 N–H and O–H groups in total. The molecule has 0 spiro atoms. The molecule has 0 aliphatic rings. The van der Waals surface area contributed by atoms with Gasteiger partial charge in [-0.2, -0.15) is 5.10 Å². The second-order valence-electron chi connectivity index (χ2n) is 5.62. The van der Waals surface area contributed by atoms with Crippen molar-refractivity contribution in [2.24, 2.45) is 0 Å². The molecule has 0 atom stereocenters. The maximum absolute atomic E-state index is 12.5. The van der Waals surface area contributed by atoms with Crippen LogP contribution in [0.1, 0.15) is 48.3 Å². The average molecular weight is 316 g/mol. The van der Waals surface area contributed by atoms with Gasteiger partial charge in [-0.25, -0.2) is 0 Å². The third-order valence-corrected chi connectivity index (χ3v) is 3.64. The number of nitrogens with one attached hydrogen (secondary N) is 1. The number of nitro groups is 1. The van der Waals surface area contributed by atoms with Crippen LogP contribution in [0.4, 0.5) is 11.4 Å². The van der Waals surface area contributed by atoms with Gasteiger partial charge in [0.05, 0.1) is 4.92 Å². The maximum Gasteiger partial charge on any atom is 0.320 e. The van der Waals surface area contributed by atoms with Gasteiger partial charge in [-0.05, 0) is 30.9 Å². The fraction of sp³-hybridized carbons (Fsp3) is 0.375. The van der Waals surface area contributed by atoms with Crippen LogP contribution < -0.4 is 5.32 Å². The Kier molecular flexibility index (Phi) is 4.78. The van der Waals surface area contributed by atoms with E-state index in [-0.39, 0.29) is 17.3 Å². The number of aromatic nitrogens is 2. The minimum atomic E-state index is -0.588. The molecule has 0 radical (unpaired) electrons. The van der Waals surface area contributed by atoms with Crippen molar-refractivity contribution in [1.82, 2.24) is 9.78 Å². The first-order valence-electron chi connectivity index (χ1n) is 7.47. The predicted octanol–water partition coefficient (Wildman–Crippen LogP) is 3.50. The predicted molar refractivity (Wildman–Crippen MR) is 87.8 cm³/mol. The van der Waals surface area contributed by atoms with Gasteiger partial charge in [0.1, 0.15) is 6.20 Å². The zero-order chi connectivity index (χ0) is 17.1. The summed E-state index contributed by atoms with van der Waals surface area (Å²) >= 11 is 0. The molecular formula is C16H20N4O3. The van der Waals surface area contributed by atoms with Crippen molar-refractivity contribution >= 4 is 17.3 Å². The molecule has 1 aromatic heterocycles. The van der Waals surface area contributed by atoms with Gasteiger partial charge < -0.3 is 5.32 Å². The van der Waals surface area contributed by atoms with Crippen molar-refractivity contribution in [3.63, 3.8) is 0 Å². The van der Waals surface area contributed by atoms with Gasteiger partial charge in [-0.15, -0.1) is 0 Å². The van der Waals surface area contributed by atoms with E-state index < -0.39 is 10.8 Å². The van der Waals surface area contributed by atoms with Gasteiger partial charge in [0.25, 0.3) is 5.91 Å². The molecule has 2 aromatic rings. The molecule has 23 heavy (non-hydrogen) atoms. The first kappa shape index (κ1) is 16.7. The van der Waals surface area contributed by atoms with Crippen molar-refractivity contribution < 1.29 is 9.72 Å². The summed E-state index contributed by atoms with van der Waals surface area (Å²) in [6.45, 7) is 8.20. The van der Waals surface area contributed by atoms with E-state index >= 15 is 0 Å². The summed E-state index contributed by atoms with van der Waals surface area (Å²) in [5.74, 6) is -0.353. The highest BCUT2D eigenvalue weighted by Crippen LogP contribution is 2.28. The van der Waals surface area contributed by atoms with Gasteiger partial charge in [-0.1, -0.05) is 32.0 Å². The molecule has 0 aliphatic heterocycles. The maximum atomic E-state index is 12.5. The number of hydrogen-bond acceptors (Lipinski definition) is 4. The van der Waals surface area contributed by atoms with E-state index in [1.807, 2.05) is 39.0 Å². The normalized spacial score (nSPS) is 10.8. The van der Waals surface area contributed by atoms with Gasteiger partial charge in [0, 0.05) is 12.2 Å². The number of rotatable bonds is 5. The highest BCUT2D eigenvalue weighted by molar-refractivity contribution is 6.06. The Labute approximate surface area is 134 Å². The second-order valence-corrected chi connectivity index (χ2v) is 5.62. The number of para-hydroxylation sites is 1. The second kappa shape index (κ2) is 6.60.